The largest absolute Gasteiger partial charge is 0.459 e. The van der Waals surface area contributed by atoms with E-state index in [0.29, 0.717) is 5.82 Å². The SMILES string of the molecule is CCc1ccc(-c2nn(C)c(N)c2-c2ccc(C)cc2)o1. The van der Waals surface area contributed by atoms with Crippen LogP contribution in [0.4, 0.5) is 5.82 Å². The molecule has 0 unspecified atom stereocenters. The van der Waals surface area contributed by atoms with Gasteiger partial charge in [-0.05, 0) is 24.6 Å². The van der Waals surface area contributed by atoms with Crippen molar-refractivity contribution >= 4 is 5.82 Å². The molecule has 21 heavy (non-hydrogen) atoms. The number of aromatic nitrogens is 2. The van der Waals surface area contributed by atoms with Gasteiger partial charge in [0, 0.05) is 13.5 Å². The molecule has 0 bridgehead atoms. The highest BCUT2D eigenvalue weighted by Crippen LogP contribution is 2.36. The van der Waals surface area contributed by atoms with Gasteiger partial charge in [-0.1, -0.05) is 36.8 Å². The van der Waals surface area contributed by atoms with E-state index in [1.165, 1.54) is 5.56 Å². The molecule has 0 fully saturated rings. The summed E-state index contributed by atoms with van der Waals surface area (Å²) in [5, 5.41) is 4.52. The molecule has 4 heteroatoms. The molecule has 0 amide bonds. The molecule has 0 aliphatic carbocycles. The van der Waals surface area contributed by atoms with Crippen molar-refractivity contribution in [3.05, 3.63) is 47.7 Å². The van der Waals surface area contributed by atoms with Crippen LogP contribution in [0.1, 0.15) is 18.2 Å². The number of nitrogen functional groups attached to an aromatic ring is 1. The van der Waals surface area contributed by atoms with Crippen molar-refractivity contribution in [2.45, 2.75) is 20.3 Å². The third-order valence-electron chi connectivity index (χ3n) is 3.68. The first kappa shape index (κ1) is 13.5. The van der Waals surface area contributed by atoms with Crippen LogP contribution in [-0.2, 0) is 13.5 Å². The zero-order valence-electron chi connectivity index (χ0n) is 12.6. The van der Waals surface area contributed by atoms with Crippen molar-refractivity contribution < 1.29 is 4.42 Å². The lowest BCUT2D eigenvalue weighted by Gasteiger charge is -2.03. The molecule has 3 aromatic rings. The fourth-order valence-electron chi connectivity index (χ4n) is 2.41. The summed E-state index contributed by atoms with van der Waals surface area (Å²) in [4.78, 5) is 0. The van der Waals surface area contributed by atoms with E-state index in [-0.39, 0.29) is 0 Å². The van der Waals surface area contributed by atoms with Crippen molar-refractivity contribution in [1.29, 1.82) is 0 Å². The Balaban J connectivity index is 2.17. The maximum atomic E-state index is 6.21. The van der Waals surface area contributed by atoms with Gasteiger partial charge in [-0.15, -0.1) is 0 Å². The normalized spacial score (nSPS) is 11.0. The number of nitrogens with zero attached hydrogens (tertiary/aromatic N) is 2. The summed E-state index contributed by atoms with van der Waals surface area (Å²) in [7, 11) is 1.85. The lowest BCUT2D eigenvalue weighted by atomic mass is 10.0. The second kappa shape index (κ2) is 5.13. The Morgan fingerprint density at radius 2 is 1.86 bits per heavy atom. The molecule has 3 rings (SSSR count). The third-order valence-corrected chi connectivity index (χ3v) is 3.68. The first-order valence-corrected chi connectivity index (χ1v) is 7.08. The summed E-state index contributed by atoms with van der Waals surface area (Å²) in [6.45, 7) is 4.13. The standard InChI is InChI=1S/C17H19N3O/c1-4-13-9-10-14(21-13)16-15(17(18)20(3)19-16)12-7-5-11(2)6-8-12/h5-10H,4,18H2,1-3H3. The molecule has 2 N–H and O–H groups in total. The van der Waals surface area contributed by atoms with E-state index in [4.69, 9.17) is 10.2 Å². The molecule has 0 aliphatic heterocycles. The summed E-state index contributed by atoms with van der Waals surface area (Å²) in [6, 6.07) is 12.2. The van der Waals surface area contributed by atoms with E-state index in [9.17, 15) is 0 Å². The molecule has 1 aromatic carbocycles. The molecular weight excluding hydrogens is 262 g/mol. The highest BCUT2D eigenvalue weighted by molar-refractivity contribution is 5.86. The Labute approximate surface area is 124 Å². The minimum Gasteiger partial charge on any atom is -0.459 e. The van der Waals surface area contributed by atoms with Crippen LogP contribution in [0.5, 0.6) is 0 Å². The first-order chi connectivity index (χ1) is 10.1. The van der Waals surface area contributed by atoms with E-state index in [1.807, 2.05) is 19.2 Å². The highest BCUT2D eigenvalue weighted by Gasteiger charge is 2.19. The van der Waals surface area contributed by atoms with Crippen molar-refractivity contribution in [3.63, 3.8) is 0 Å². The van der Waals surface area contributed by atoms with E-state index in [0.717, 1.165) is 34.8 Å². The molecule has 0 aliphatic rings. The van der Waals surface area contributed by atoms with Gasteiger partial charge in [0.15, 0.2) is 5.76 Å². The lowest BCUT2D eigenvalue weighted by Crippen LogP contribution is -1.97. The predicted octanol–water partition coefficient (Wildman–Crippen LogP) is 3.80. The van der Waals surface area contributed by atoms with Gasteiger partial charge in [-0.3, -0.25) is 4.68 Å². The summed E-state index contributed by atoms with van der Waals surface area (Å²) in [5.41, 5.74) is 10.2. The van der Waals surface area contributed by atoms with Gasteiger partial charge < -0.3 is 10.2 Å². The van der Waals surface area contributed by atoms with Gasteiger partial charge in [-0.25, -0.2) is 0 Å². The summed E-state index contributed by atoms with van der Waals surface area (Å²) >= 11 is 0. The fourth-order valence-corrected chi connectivity index (χ4v) is 2.41. The molecule has 0 radical (unpaired) electrons. The maximum Gasteiger partial charge on any atom is 0.155 e. The van der Waals surface area contributed by atoms with E-state index >= 15 is 0 Å². The molecular formula is C17H19N3O. The van der Waals surface area contributed by atoms with E-state index < -0.39 is 0 Å². The van der Waals surface area contributed by atoms with Gasteiger partial charge in [0.25, 0.3) is 0 Å². The summed E-state index contributed by atoms with van der Waals surface area (Å²) < 4.78 is 7.53. The van der Waals surface area contributed by atoms with Crippen LogP contribution >= 0.6 is 0 Å². The monoisotopic (exact) mass is 281 g/mol. The first-order valence-electron chi connectivity index (χ1n) is 7.08. The second-order valence-electron chi connectivity index (χ2n) is 5.22. The molecule has 0 saturated carbocycles. The zero-order valence-corrected chi connectivity index (χ0v) is 12.6. The fraction of sp³-hybridized carbons (Fsp3) is 0.235. The minimum absolute atomic E-state index is 0.642. The maximum absolute atomic E-state index is 6.21. The number of furan rings is 1. The number of hydrogen-bond acceptors (Lipinski definition) is 3. The predicted molar refractivity (Wildman–Crippen MR) is 84.9 cm³/mol. The van der Waals surface area contributed by atoms with E-state index in [1.54, 1.807) is 4.68 Å². The second-order valence-corrected chi connectivity index (χ2v) is 5.22. The average Bonchev–Trinajstić information content (AvgIpc) is 3.06. The summed E-state index contributed by atoms with van der Waals surface area (Å²) in [6.07, 6.45) is 0.863. The van der Waals surface area contributed by atoms with Crippen molar-refractivity contribution in [3.8, 4) is 22.6 Å². The Morgan fingerprint density at radius 1 is 1.14 bits per heavy atom. The van der Waals surface area contributed by atoms with Crippen LogP contribution in [0.25, 0.3) is 22.6 Å². The minimum atomic E-state index is 0.642. The molecule has 0 atom stereocenters. The van der Waals surface area contributed by atoms with Gasteiger partial charge in [0.05, 0.1) is 5.56 Å². The van der Waals surface area contributed by atoms with E-state index in [2.05, 4.69) is 43.2 Å². The molecule has 0 saturated heterocycles. The van der Waals surface area contributed by atoms with Gasteiger partial charge in [0.1, 0.15) is 17.3 Å². The van der Waals surface area contributed by atoms with Crippen LogP contribution in [0.3, 0.4) is 0 Å². The number of rotatable bonds is 3. The van der Waals surface area contributed by atoms with Gasteiger partial charge in [0.2, 0.25) is 0 Å². The topological polar surface area (TPSA) is 57.0 Å². The molecule has 4 nitrogen and oxygen atoms in total. The van der Waals surface area contributed by atoms with Crippen molar-refractivity contribution in [2.75, 3.05) is 5.73 Å². The van der Waals surface area contributed by atoms with Crippen LogP contribution in [-0.4, -0.2) is 9.78 Å². The highest BCUT2D eigenvalue weighted by atomic mass is 16.3. The molecule has 2 aromatic heterocycles. The molecule has 0 spiro atoms. The smallest absolute Gasteiger partial charge is 0.155 e. The Morgan fingerprint density at radius 3 is 2.48 bits per heavy atom. The van der Waals surface area contributed by atoms with Crippen molar-refractivity contribution in [2.24, 2.45) is 7.05 Å². The van der Waals surface area contributed by atoms with Crippen LogP contribution < -0.4 is 5.73 Å². The molecule has 108 valence electrons. The number of anilines is 1. The van der Waals surface area contributed by atoms with Gasteiger partial charge in [-0.2, -0.15) is 5.10 Å². The Kier molecular flexibility index (Phi) is 3.29. The summed E-state index contributed by atoms with van der Waals surface area (Å²) in [5.74, 6) is 2.35. The van der Waals surface area contributed by atoms with Crippen molar-refractivity contribution in [1.82, 2.24) is 9.78 Å². The average molecular weight is 281 g/mol. The Hall–Kier alpha value is -2.49. The molecule has 2 heterocycles. The Bertz CT molecular complexity index is 766. The number of hydrogen-bond donors (Lipinski definition) is 1. The number of nitrogens with two attached hydrogens (primary N) is 1. The van der Waals surface area contributed by atoms with Crippen LogP contribution in [0, 0.1) is 6.92 Å². The quantitative estimate of drug-likeness (QED) is 0.794. The van der Waals surface area contributed by atoms with Gasteiger partial charge >= 0.3 is 0 Å². The number of benzene rings is 1. The number of aryl methyl sites for hydroxylation is 3. The lowest BCUT2D eigenvalue weighted by molar-refractivity contribution is 0.526. The van der Waals surface area contributed by atoms with Crippen LogP contribution in [0.2, 0.25) is 0 Å². The van der Waals surface area contributed by atoms with Crippen LogP contribution in [0.15, 0.2) is 40.8 Å². The third kappa shape index (κ3) is 2.33. The zero-order chi connectivity index (χ0) is 15.0.